The molecule has 2 saturated heterocycles. The van der Waals surface area contributed by atoms with Gasteiger partial charge in [0.2, 0.25) is 0 Å². The van der Waals surface area contributed by atoms with Crippen molar-refractivity contribution in [3.63, 3.8) is 0 Å². The first kappa shape index (κ1) is 27.9. The van der Waals surface area contributed by atoms with Crippen LogP contribution >= 0.6 is 8.25 Å². The number of hydrogen-bond acceptors (Lipinski definition) is 6. The number of quaternary nitrogens is 1. The van der Waals surface area contributed by atoms with Crippen LogP contribution in [0, 0.1) is 0 Å². The SMILES string of the molecule is CCC1OC(C)CC1O.CCC1OC(C)CC1O[P+](=O)[O-].CC[NH+](CC)CC. The van der Waals surface area contributed by atoms with E-state index in [0.717, 1.165) is 19.3 Å². The molecule has 2 rings (SSSR count). The van der Waals surface area contributed by atoms with Crippen molar-refractivity contribution < 1.29 is 33.5 Å². The Morgan fingerprint density at radius 2 is 1.43 bits per heavy atom. The second-order valence-electron chi connectivity index (χ2n) is 7.50. The fourth-order valence-corrected chi connectivity index (χ4v) is 4.00. The molecule has 7 nitrogen and oxygen atoms in total. The minimum Gasteiger partial charge on any atom is -0.566 e. The Bertz CT molecular complexity index is 405. The maximum absolute atomic E-state index is 10.3. The standard InChI is InChI=1S/C7H13O4P.C7H14O2.C6H15N/c1-3-6-7(11-12(8)9)4-5(2)10-6;1-3-7-6(8)4-5(2)9-7;1-4-7(5-2)6-3/h5-7H,3-4H2,1-2H3;5-8H,3-4H2,1-2H3;4-6H2,1-3H3/p+1. The summed E-state index contributed by atoms with van der Waals surface area (Å²) >= 11 is 0. The summed E-state index contributed by atoms with van der Waals surface area (Å²) < 4.78 is 25.8. The lowest BCUT2D eigenvalue weighted by molar-refractivity contribution is -0.894. The minimum atomic E-state index is -2.74. The quantitative estimate of drug-likeness (QED) is 0.606. The maximum Gasteiger partial charge on any atom is 0.488 e. The zero-order chi connectivity index (χ0) is 21.7. The van der Waals surface area contributed by atoms with Crippen molar-refractivity contribution in [2.75, 3.05) is 19.6 Å². The zero-order valence-electron chi connectivity index (χ0n) is 18.8. The van der Waals surface area contributed by atoms with Crippen LogP contribution in [0.2, 0.25) is 0 Å². The molecule has 0 aliphatic carbocycles. The van der Waals surface area contributed by atoms with Gasteiger partial charge >= 0.3 is 8.25 Å². The number of rotatable bonds is 7. The van der Waals surface area contributed by atoms with Crippen molar-refractivity contribution in [3.05, 3.63) is 0 Å². The number of ether oxygens (including phenoxy) is 2. The Kier molecular flexibility index (Phi) is 15.6. The van der Waals surface area contributed by atoms with Crippen LogP contribution < -0.4 is 9.79 Å². The van der Waals surface area contributed by atoms with Crippen LogP contribution in [0.15, 0.2) is 0 Å². The third-order valence-electron chi connectivity index (χ3n) is 5.32. The highest BCUT2D eigenvalue weighted by molar-refractivity contribution is 7.30. The predicted octanol–water partition coefficient (Wildman–Crippen LogP) is 1.84. The molecule has 7 atom stereocenters. The molecular weight excluding hydrogens is 381 g/mol. The molecule has 7 unspecified atom stereocenters. The molecule has 0 aromatic heterocycles. The van der Waals surface area contributed by atoms with E-state index in [4.69, 9.17) is 14.0 Å². The van der Waals surface area contributed by atoms with E-state index < -0.39 is 8.25 Å². The molecule has 0 spiro atoms. The van der Waals surface area contributed by atoms with Crippen LogP contribution in [0.4, 0.5) is 0 Å². The number of hydrogen-bond donors (Lipinski definition) is 2. The fraction of sp³-hybridized carbons (Fsp3) is 1.00. The van der Waals surface area contributed by atoms with Crippen molar-refractivity contribution >= 4 is 8.25 Å². The van der Waals surface area contributed by atoms with E-state index in [1.54, 1.807) is 4.90 Å². The molecule has 0 aromatic rings. The number of nitrogens with one attached hydrogen (secondary N) is 1. The predicted molar refractivity (Wildman–Crippen MR) is 110 cm³/mol. The largest absolute Gasteiger partial charge is 0.566 e. The highest BCUT2D eigenvalue weighted by atomic mass is 31.1. The van der Waals surface area contributed by atoms with Gasteiger partial charge in [0.25, 0.3) is 0 Å². The highest BCUT2D eigenvalue weighted by Crippen LogP contribution is 2.29. The van der Waals surface area contributed by atoms with Crippen molar-refractivity contribution in [1.29, 1.82) is 0 Å². The first-order valence-corrected chi connectivity index (χ1v) is 11.9. The smallest absolute Gasteiger partial charge is 0.488 e. The molecule has 0 amide bonds. The monoisotopic (exact) mass is 424 g/mol. The molecule has 2 aliphatic heterocycles. The molecule has 2 heterocycles. The van der Waals surface area contributed by atoms with E-state index in [1.165, 1.54) is 19.6 Å². The van der Waals surface area contributed by atoms with Crippen LogP contribution in [0.3, 0.4) is 0 Å². The lowest BCUT2D eigenvalue weighted by Crippen LogP contribution is -3.11. The Morgan fingerprint density at radius 3 is 1.71 bits per heavy atom. The van der Waals surface area contributed by atoms with Gasteiger partial charge in [0.15, 0.2) is 0 Å². The second kappa shape index (κ2) is 15.7. The Labute approximate surface area is 172 Å². The third-order valence-corrected chi connectivity index (χ3v) is 5.76. The van der Waals surface area contributed by atoms with E-state index >= 15 is 0 Å². The Balaban J connectivity index is 0.000000408. The summed E-state index contributed by atoms with van der Waals surface area (Å²) in [6, 6.07) is 0. The van der Waals surface area contributed by atoms with E-state index in [-0.39, 0.29) is 36.6 Å². The van der Waals surface area contributed by atoms with E-state index in [0.29, 0.717) is 6.42 Å². The summed E-state index contributed by atoms with van der Waals surface area (Å²) in [5.41, 5.74) is 0. The first-order valence-electron chi connectivity index (χ1n) is 10.9. The summed E-state index contributed by atoms with van der Waals surface area (Å²) in [7, 11) is -2.74. The van der Waals surface area contributed by atoms with Gasteiger partial charge in [0.05, 0.1) is 50.2 Å². The molecule has 0 aromatic carbocycles. The van der Waals surface area contributed by atoms with Crippen LogP contribution in [0.1, 0.15) is 74.1 Å². The molecule has 0 saturated carbocycles. The van der Waals surface area contributed by atoms with E-state index in [2.05, 4.69) is 20.8 Å². The molecule has 2 fully saturated rings. The molecule has 0 radical (unpaired) electrons. The van der Waals surface area contributed by atoms with Crippen LogP contribution in [0.5, 0.6) is 0 Å². The summed E-state index contributed by atoms with van der Waals surface area (Å²) in [5.74, 6) is 0. The topological polar surface area (TPSA) is 92.5 Å². The van der Waals surface area contributed by atoms with Gasteiger partial charge in [0.1, 0.15) is 6.10 Å². The summed E-state index contributed by atoms with van der Waals surface area (Å²) in [5, 5.41) is 9.23. The Morgan fingerprint density at radius 1 is 0.964 bits per heavy atom. The van der Waals surface area contributed by atoms with Crippen molar-refractivity contribution in [2.45, 2.75) is 111 Å². The number of aliphatic hydroxyl groups excluding tert-OH is 1. The molecule has 8 heteroatoms. The lowest BCUT2D eigenvalue weighted by atomic mass is 10.1. The van der Waals surface area contributed by atoms with Crippen molar-refractivity contribution in [3.8, 4) is 0 Å². The molecule has 0 bridgehead atoms. The van der Waals surface area contributed by atoms with E-state index in [1.807, 2.05) is 27.7 Å². The zero-order valence-corrected chi connectivity index (χ0v) is 19.7. The van der Waals surface area contributed by atoms with Gasteiger partial charge in [-0.05, 0) is 52.0 Å². The van der Waals surface area contributed by atoms with Crippen LogP contribution in [0.25, 0.3) is 0 Å². The van der Waals surface area contributed by atoms with Crippen LogP contribution in [-0.4, -0.2) is 61.4 Å². The van der Waals surface area contributed by atoms with Crippen LogP contribution in [-0.2, 0) is 18.6 Å². The van der Waals surface area contributed by atoms with Gasteiger partial charge in [-0.3, -0.25) is 0 Å². The average molecular weight is 425 g/mol. The Hall–Kier alpha value is -0.140. The van der Waals surface area contributed by atoms with E-state index in [9.17, 15) is 14.6 Å². The fourth-order valence-electron chi connectivity index (χ4n) is 3.56. The molecule has 28 heavy (non-hydrogen) atoms. The average Bonchev–Trinajstić information content (AvgIpc) is 3.17. The molecule has 2 N–H and O–H groups in total. The molecule has 2 aliphatic rings. The van der Waals surface area contributed by atoms with Gasteiger partial charge < -0.3 is 24.4 Å². The van der Waals surface area contributed by atoms with Crippen molar-refractivity contribution in [2.24, 2.45) is 0 Å². The molecular formula is C20H43NO6P+. The minimum absolute atomic E-state index is 0.0621. The van der Waals surface area contributed by atoms with Gasteiger partial charge in [-0.25, -0.2) is 0 Å². The van der Waals surface area contributed by atoms with Gasteiger partial charge in [-0.2, -0.15) is 0 Å². The summed E-state index contributed by atoms with van der Waals surface area (Å²) in [4.78, 5) is 12.0. The number of aliphatic hydroxyl groups is 1. The maximum atomic E-state index is 10.3. The first-order chi connectivity index (χ1) is 13.2. The van der Waals surface area contributed by atoms with Gasteiger partial charge in [-0.1, -0.05) is 13.8 Å². The van der Waals surface area contributed by atoms with Gasteiger partial charge in [0, 0.05) is 12.8 Å². The normalized spacial score (nSPS) is 32.4. The highest BCUT2D eigenvalue weighted by Gasteiger charge is 2.36. The summed E-state index contributed by atoms with van der Waals surface area (Å²) in [6.45, 7) is 18.4. The summed E-state index contributed by atoms with van der Waals surface area (Å²) in [6.07, 6.45) is 3.09. The van der Waals surface area contributed by atoms with Gasteiger partial charge in [-0.15, -0.1) is 4.52 Å². The second-order valence-corrected chi connectivity index (χ2v) is 8.16. The third kappa shape index (κ3) is 11.1. The van der Waals surface area contributed by atoms with Crippen molar-refractivity contribution in [1.82, 2.24) is 0 Å². The lowest BCUT2D eigenvalue weighted by Gasteiger charge is -2.11. The molecule has 168 valence electrons.